The summed E-state index contributed by atoms with van der Waals surface area (Å²) in [6.07, 6.45) is 0. The van der Waals surface area contributed by atoms with Gasteiger partial charge in [0.1, 0.15) is 11.0 Å². The molecule has 0 spiro atoms. The van der Waals surface area contributed by atoms with Crippen molar-refractivity contribution in [2.75, 3.05) is 14.2 Å². The molecule has 0 unspecified atom stereocenters. The number of phenols is 1. The van der Waals surface area contributed by atoms with Crippen molar-refractivity contribution in [3.63, 3.8) is 0 Å². The fourth-order valence-corrected chi connectivity index (χ4v) is 2.42. The van der Waals surface area contributed by atoms with E-state index in [0.717, 1.165) is 0 Å². The number of rotatable bonds is 3. The zero-order valence-corrected chi connectivity index (χ0v) is 12.5. The summed E-state index contributed by atoms with van der Waals surface area (Å²) in [4.78, 5) is 12.5. The molecular formula is C17H14O6. The van der Waals surface area contributed by atoms with Crippen LogP contribution in [-0.2, 0) is 0 Å². The first-order chi connectivity index (χ1) is 11.1. The van der Waals surface area contributed by atoms with E-state index in [2.05, 4.69) is 0 Å². The number of hydrogen-bond acceptors (Lipinski definition) is 6. The number of benzene rings is 2. The molecule has 0 aliphatic heterocycles. The molecular weight excluding hydrogens is 300 g/mol. The summed E-state index contributed by atoms with van der Waals surface area (Å²) < 4.78 is 15.8. The summed E-state index contributed by atoms with van der Waals surface area (Å²) in [5.74, 6) is -0.851. The van der Waals surface area contributed by atoms with Crippen LogP contribution >= 0.6 is 0 Å². The Kier molecular flexibility index (Phi) is 3.57. The Morgan fingerprint density at radius 2 is 1.70 bits per heavy atom. The minimum Gasteiger partial charge on any atom is -0.502 e. The van der Waals surface area contributed by atoms with Gasteiger partial charge < -0.3 is 24.1 Å². The maximum Gasteiger partial charge on any atom is 0.238 e. The minimum atomic E-state index is -0.695. The number of fused-ring (bicyclic) bond motifs is 1. The van der Waals surface area contributed by atoms with E-state index in [0.29, 0.717) is 5.56 Å². The van der Waals surface area contributed by atoms with Crippen molar-refractivity contribution in [1.29, 1.82) is 0 Å². The van der Waals surface area contributed by atoms with Gasteiger partial charge in [-0.05, 0) is 0 Å². The lowest BCUT2D eigenvalue weighted by molar-refractivity contribution is 0.341. The zero-order valence-electron chi connectivity index (χ0n) is 12.5. The zero-order chi connectivity index (χ0) is 16.6. The molecule has 3 aromatic rings. The van der Waals surface area contributed by atoms with E-state index < -0.39 is 11.2 Å². The standard InChI is InChI=1S/C17H14O6/c1-21-11-8-10-12(17(22-2)13(11)18)14(19)15(20)16(23-10)9-6-4-3-5-7-9/h3-8,18,20H,1-2H3. The van der Waals surface area contributed by atoms with Crippen LogP contribution in [0.15, 0.2) is 45.6 Å². The van der Waals surface area contributed by atoms with E-state index in [1.54, 1.807) is 24.3 Å². The molecule has 0 amide bonds. The lowest BCUT2D eigenvalue weighted by Crippen LogP contribution is -2.05. The number of aromatic hydroxyl groups is 2. The van der Waals surface area contributed by atoms with Crippen LogP contribution in [0.5, 0.6) is 23.0 Å². The largest absolute Gasteiger partial charge is 0.502 e. The van der Waals surface area contributed by atoms with E-state index in [9.17, 15) is 15.0 Å². The van der Waals surface area contributed by atoms with Crippen LogP contribution in [0, 0.1) is 0 Å². The third kappa shape index (κ3) is 2.24. The molecule has 3 rings (SSSR count). The lowest BCUT2D eigenvalue weighted by atomic mass is 10.1. The van der Waals surface area contributed by atoms with Crippen molar-refractivity contribution in [1.82, 2.24) is 0 Å². The maximum absolute atomic E-state index is 12.5. The third-order valence-corrected chi connectivity index (χ3v) is 3.51. The van der Waals surface area contributed by atoms with Gasteiger partial charge in [0.25, 0.3) is 0 Å². The minimum absolute atomic E-state index is 0.0397. The molecule has 23 heavy (non-hydrogen) atoms. The van der Waals surface area contributed by atoms with Crippen molar-refractivity contribution in [3.05, 3.63) is 46.6 Å². The highest BCUT2D eigenvalue weighted by atomic mass is 16.5. The van der Waals surface area contributed by atoms with Crippen LogP contribution in [0.1, 0.15) is 0 Å². The molecule has 0 radical (unpaired) electrons. The topological polar surface area (TPSA) is 89.1 Å². The normalized spacial score (nSPS) is 10.7. The van der Waals surface area contributed by atoms with Crippen molar-refractivity contribution in [2.24, 2.45) is 0 Å². The van der Waals surface area contributed by atoms with Crippen LogP contribution in [0.3, 0.4) is 0 Å². The van der Waals surface area contributed by atoms with Gasteiger partial charge in [-0.2, -0.15) is 0 Å². The SMILES string of the molecule is COc1cc2oc(-c3ccccc3)c(O)c(=O)c2c(OC)c1O. The highest BCUT2D eigenvalue weighted by Crippen LogP contribution is 2.43. The Morgan fingerprint density at radius 1 is 1.00 bits per heavy atom. The van der Waals surface area contributed by atoms with E-state index in [-0.39, 0.29) is 34.0 Å². The maximum atomic E-state index is 12.5. The van der Waals surface area contributed by atoms with Gasteiger partial charge in [-0.25, -0.2) is 0 Å². The van der Waals surface area contributed by atoms with Crippen molar-refractivity contribution in [2.45, 2.75) is 0 Å². The number of ether oxygens (including phenoxy) is 2. The smallest absolute Gasteiger partial charge is 0.238 e. The third-order valence-electron chi connectivity index (χ3n) is 3.51. The fourth-order valence-electron chi connectivity index (χ4n) is 2.42. The van der Waals surface area contributed by atoms with E-state index in [4.69, 9.17) is 13.9 Å². The number of methoxy groups -OCH3 is 2. The Labute approximate surface area is 131 Å². The van der Waals surface area contributed by atoms with Gasteiger partial charge in [0.2, 0.25) is 16.9 Å². The monoisotopic (exact) mass is 314 g/mol. The van der Waals surface area contributed by atoms with Gasteiger partial charge in [0.15, 0.2) is 17.3 Å². The molecule has 0 bridgehead atoms. The molecule has 0 fully saturated rings. The molecule has 1 aromatic heterocycles. The van der Waals surface area contributed by atoms with Crippen LogP contribution in [0.2, 0.25) is 0 Å². The highest BCUT2D eigenvalue weighted by molar-refractivity contribution is 5.91. The summed E-state index contributed by atoms with van der Waals surface area (Å²) in [5.41, 5.74) is -0.00642. The summed E-state index contributed by atoms with van der Waals surface area (Å²) in [7, 11) is 2.67. The predicted molar refractivity (Wildman–Crippen MR) is 84.4 cm³/mol. The first kappa shape index (κ1) is 14.8. The van der Waals surface area contributed by atoms with E-state index in [1.165, 1.54) is 20.3 Å². The molecule has 0 aliphatic carbocycles. The summed E-state index contributed by atoms with van der Waals surface area (Å²) in [6, 6.07) is 10.1. The summed E-state index contributed by atoms with van der Waals surface area (Å²) >= 11 is 0. The molecule has 1 heterocycles. The first-order valence-corrected chi connectivity index (χ1v) is 6.77. The second kappa shape index (κ2) is 5.57. The molecule has 0 aliphatic rings. The fraction of sp³-hybridized carbons (Fsp3) is 0.118. The summed E-state index contributed by atoms with van der Waals surface area (Å²) in [5, 5.41) is 20.2. The molecule has 2 N–H and O–H groups in total. The Morgan fingerprint density at radius 3 is 2.30 bits per heavy atom. The van der Waals surface area contributed by atoms with Gasteiger partial charge in [0.05, 0.1) is 14.2 Å². The predicted octanol–water partition coefficient (Wildman–Crippen LogP) is 2.89. The molecule has 6 nitrogen and oxygen atoms in total. The van der Waals surface area contributed by atoms with Gasteiger partial charge in [-0.3, -0.25) is 4.79 Å². The molecule has 2 aromatic carbocycles. The Hall–Kier alpha value is -3.15. The molecule has 118 valence electrons. The van der Waals surface area contributed by atoms with E-state index >= 15 is 0 Å². The van der Waals surface area contributed by atoms with Gasteiger partial charge in [0, 0.05) is 11.6 Å². The molecule has 0 atom stereocenters. The van der Waals surface area contributed by atoms with E-state index in [1.807, 2.05) is 6.07 Å². The Bertz CT molecular complexity index is 927. The average molecular weight is 314 g/mol. The van der Waals surface area contributed by atoms with Crippen LogP contribution in [0.25, 0.3) is 22.3 Å². The quantitative estimate of drug-likeness (QED) is 0.772. The second-order valence-corrected chi connectivity index (χ2v) is 4.81. The van der Waals surface area contributed by atoms with Crippen molar-refractivity contribution < 1.29 is 24.1 Å². The number of hydrogen-bond donors (Lipinski definition) is 2. The van der Waals surface area contributed by atoms with Crippen LogP contribution in [0.4, 0.5) is 0 Å². The van der Waals surface area contributed by atoms with Crippen molar-refractivity contribution in [3.8, 4) is 34.3 Å². The average Bonchev–Trinajstić information content (AvgIpc) is 2.58. The number of phenolic OH excluding ortho intramolecular Hbond substituents is 1. The molecule has 0 saturated carbocycles. The summed E-state index contributed by atoms with van der Waals surface area (Å²) in [6.45, 7) is 0. The molecule has 6 heteroatoms. The Balaban J connectivity index is 2.43. The van der Waals surface area contributed by atoms with Gasteiger partial charge >= 0.3 is 0 Å². The van der Waals surface area contributed by atoms with Gasteiger partial charge in [-0.1, -0.05) is 30.3 Å². The second-order valence-electron chi connectivity index (χ2n) is 4.81. The first-order valence-electron chi connectivity index (χ1n) is 6.77. The molecule has 0 saturated heterocycles. The van der Waals surface area contributed by atoms with Gasteiger partial charge in [-0.15, -0.1) is 0 Å². The highest BCUT2D eigenvalue weighted by Gasteiger charge is 2.23. The lowest BCUT2D eigenvalue weighted by Gasteiger charge is -2.12. The van der Waals surface area contributed by atoms with Crippen LogP contribution < -0.4 is 14.9 Å². The van der Waals surface area contributed by atoms with Crippen molar-refractivity contribution >= 4 is 11.0 Å². The van der Waals surface area contributed by atoms with Crippen LogP contribution in [-0.4, -0.2) is 24.4 Å².